The molecule has 0 aliphatic carbocycles. The van der Waals surface area contributed by atoms with Gasteiger partial charge in [0.1, 0.15) is 6.04 Å². The van der Waals surface area contributed by atoms with E-state index < -0.39 is 6.04 Å². The number of carbonyl (C=O) groups excluding carboxylic acids is 2. The highest BCUT2D eigenvalue weighted by molar-refractivity contribution is 6.30. The Hall–Kier alpha value is -1.30. The normalized spacial score (nSPS) is 19.2. The summed E-state index contributed by atoms with van der Waals surface area (Å²) in [4.78, 5) is 27.5. The lowest BCUT2D eigenvalue weighted by Crippen LogP contribution is -2.56. The molecule has 1 aromatic carbocycles. The van der Waals surface area contributed by atoms with Crippen LogP contribution in [0.3, 0.4) is 0 Å². The fourth-order valence-electron chi connectivity index (χ4n) is 3.12. The molecule has 0 aromatic heterocycles. The first-order valence-electron chi connectivity index (χ1n) is 8.98. The van der Waals surface area contributed by atoms with Gasteiger partial charge < -0.3 is 15.5 Å². The molecule has 0 bridgehead atoms. The van der Waals surface area contributed by atoms with Crippen LogP contribution in [-0.2, 0) is 4.79 Å². The Balaban J connectivity index is 0.00000338. The number of amides is 2. The predicted octanol–water partition coefficient (Wildman–Crippen LogP) is 3.12. The van der Waals surface area contributed by atoms with Crippen molar-refractivity contribution in [2.45, 2.75) is 45.2 Å². The van der Waals surface area contributed by atoms with Gasteiger partial charge in [-0.15, -0.1) is 12.4 Å². The molecule has 2 rings (SSSR count). The van der Waals surface area contributed by atoms with E-state index in [1.54, 1.807) is 24.3 Å². The monoisotopic (exact) mass is 401 g/mol. The predicted molar refractivity (Wildman–Crippen MR) is 108 cm³/mol. The summed E-state index contributed by atoms with van der Waals surface area (Å²) in [7, 11) is 1.92. The first-order chi connectivity index (χ1) is 12.0. The molecule has 0 radical (unpaired) electrons. The molecule has 1 aliphatic heterocycles. The van der Waals surface area contributed by atoms with E-state index in [1.165, 1.54) is 0 Å². The van der Waals surface area contributed by atoms with Crippen LogP contribution in [0, 0.1) is 5.92 Å². The number of carbonyl (C=O) groups is 2. The molecule has 2 N–H and O–H groups in total. The van der Waals surface area contributed by atoms with Crippen LogP contribution in [0.25, 0.3) is 0 Å². The third kappa shape index (κ3) is 5.86. The summed E-state index contributed by atoms with van der Waals surface area (Å²) >= 11 is 5.88. The summed E-state index contributed by atoms with van der Waals surface area (Å²) in [6, 6.07) is 6.52. The molecular weight excluding hydrogens is 373 g/mol. The van der Waals surface area contributed by atoms with Gasteiger partial charge in [0.05, 0.1) is 0 Å². The van der Waals surface area contributed by atoms with Crippen LogP contribution in [0.4, 0.5) is 0 Å². The lowest BCUT2D eigenvalue weighted by molar-refractivity contribution is -0.135. The molecule has 1 heterocycles. The maximum Gasteiger partial charge on any atom is 0.251 e. The van der Waals surface area contributed by atoms with E-state index in [9.17, 15) is 9.59 Å². The van der Waals surface area contributed by atoms with Crippen molar-refractivity contribution in [3.05, 3.63) is 34.9 Å². The van der Waals surface area contributed by atoms with Crippen molar-refractivity contribution in [1.29, 1.82) is 0 Å². The van der Waals surface area contributed by atoms with Gasteiger partial charge in [0.25, 0.3) is 5.91 Å². The van der Waals surface area contributed by atoms with Crippen molar-refractivity contribution < 1.29 is 9.59 Å². The number of piperidine rings is 1. The quantitative estimate of drug-likeness (QED) is 0.769. The fourth-order valence-corrected chi connectivity index (χ4v) is 3.24. The lowest BCUT2D eigenvalue weighted by Gasteiger charge is -2.36. The van der Waals surface area contributed by atoms with Gasteiger partial charge in [0, 0.05) is 29.7 Å². The van der Waals surface area contributed by atoms with Crippen LogP contribution in [-0.4, -0.2) is 48.9 Å². The molecule has 2 amide bonds. The Kier molecular flexibility index (Phi) is 9.41. The molecule has 146 valence electrons. The summed E-state index contributed by atoms with van der Waals surface area (Å²) < 4.78 is 0. The zero-order valence-corrected chi connectivity index (χ0v) is 17.2. The lowest BCUT2D eigenvalue weighted by atomic mass is 9.95. The molecule has 3 atom stereocenters. The Bertz CT molecular complexity index is 595. The second-order valence-corrected chi connectivity index (χ2v) is 7.19. The van der Waals surface area contributed by atoms with Crippen LogP contribution in [0.2, 0.25) is 5.02 Å². The van der Waals surface area contributed by atoms with Crippen LogP contribution in [0.1, 0.15) is 43.5 Å². The number of likely N-dealkylation sites (N-methyl/N-ethyl adjacent to an activating group) is 1. The number of hydrogen-bond donors (Lipinski definition) is 2. The number of benzene rings is 1. The average Bonchev–Trinajstić information content (AvgIpc) is 2.65. The molecule has 1 saturated heterocycles. The number of rotatable bonds is 6. The first-order valence-corrected chi connectivity index (χ1v) is 9.36. The van der Waals surface area contributed by atoms with Gasteiger partial charge in [-0.05, 0) is 50.1 Å². The van der Waals surface area contributed by atoms with Crippen molar-refractivity contribution in [3.63, 3.8) is 0 Å². The van der Waals surface area contributed by atoms with E-state index in [2.05, 4.69) is 10.6 Å². The Labute approximate surface area is 167 Å². The Morgan fingerprint density at radius 2 is 1.96 bits per heavy atom. The summed E-state index contributed by atoms with van der Waals surface area (Å²) in [5, 5.41) is 6.77. The summed E-state index contributed by atoms with van der Waals surface area (Å²) in [5.74, 6) is -0.159. The third-order valence-electron chi connectivity index (χ3n) is 5.01. The molecule has 1 aromatic rings. The van der Waals surface area contributed by atoms with Crippen LogP contribution >= 0.6 is 24.0 Å². The molecule has 26 heavy (non-hydrogen) atoms. The van der Waals surface area contributed by atoms with Gasteiger partial charge in [0.2, 0.25) is 5.91 Å². The van der Waals surface area contributed by atoms with Gasteiger partial charge in [-0.3, -0.25) is 9.59 Å². The maximum atomic E-state index is 13.0. The highest BCUT2D eigenvalue weighted by Crippen LogP contribution is 2.17. The highest BCUT2D eigenvalue weighted by Gasteiger charge is 2.32. The van der Waals surface area contributed by atoms with Crippen LogP contribution < -0.4 is 10.6 Å². The summed E-state index contributed by atoms with van der Waals surface area (Å²) in [6.07, 6.45) is 2.88. The van der Waals surface area contributed by atoms with Gasteiger partial charge in [0.15, 0.2) is 0 Å². The second kappa shape index (κ2) is 10.8. The minimum absolute atomic E-state index is 0. The molecule has 5 nitrogen and oxygen atoms in total. The summed E-state index contributed by atoms with van der Waals surface area (Å²) in [6.45, 7) is 5.48. The topological polar surface area (TPSA) is 61.4 Å². The van der Waals surface area contributed by atoms with Gasteiger partial charge >= 0.3 is 0 Å². The molecule has 1 fully saturated rings. The van der Waals surface area contributed by atoms with E-state index in [1.807, 2.05) is 25.8 Å². The molecule has 7 heteroatoms. The van der Waals surface area contributed by atoms with Gasteiger partial charge in [-0.1, -0.05) is 31.9 Å². The van der Waals surface area contributed by atoms with E-state index in [0.717, 1.165) is 25.8 Å². The van der Waals surface area contributed by atoms with E-state index >= 15 is 0 Å². The van der Waals surface area contributed by atoms with Crippen molar-refractivity contribution in [2.75, 3.05) is 20.1 Å². The van der Waals surface area contributed by atoms with E-state index in [4.69, 9.17) is 11.6 Å². The van der Waals surface area contributed by atoms with Crippen LogP contribution in [0.15, 0.2) is 24.3 Å². The zero-order valence-electron chi connectivity index (χ0n) is 15.6. The summed E-state index contributed by atoms with van der Waals surface area (Å²) in [5.41, 5.74) is 0.511. The fraction of sp³-hybridized carbons (Fsp3) is 0.579. The number of likely N-dealkylation sites (tertiary alicyclic amines) is 1. The third-order valence-corrected chi connectivity index (χ3v) is 5.27. The van der Waals surface area contributed by atoms with Gasteiger partial charge in [-0.2, -0.15) is 0 Å². The molecule has 0 spiro atoms. The number of halogens is 2. The Morgan fingerprint density at radius 1 is 1.31 bits per heavy atom. The number of nitrogens with one attached hydrogen (secondary N) is 2. The smallest absolute Gasteiger partial charge is 0.251 e. The van der Waals surface area contributed by atoms with Crippen molar-refractivity contribution in [2.24, 2.45) is 5.92 Å². The molecule has 3 unspecified atom stereocenters. The molecule has 1 aliphatic rings. The second-order valence-electron chi connectivity index (χ2n) is 6.76. The van der Waals surface area contributed by atoms with Crippen molar-refractivity contribution in [3.8, 4) is 0 Å². The maximum absolute atomic E-state index is 13.0. The molecular formula is C19H29Cl2N3O2. The van der Waals surface area contributed by atoms with Crippen LogP contribution in [0.5, 0.6) is 0 Å². The largest absolute Gasteiger partial charge is 0.340 e. The standard InChI is InChI=1S/C19H28ClN3O2.ClH/c1-4-13(2)17(19(25)23-11-5-6-16(12-23)21-3)22-18(24)14-7-9-15(20)10-8-14;/h7-10,13,16-17,21H,4-6,11-12H2,1-3H3,(H,22,24);1H. The minimum Gasteiger partial charge on any atom is -0.340 e. The SMILES string of the molecule is CCC(C)C(NC(=O)c1ccc(Cl)cc1)C(=O)N1CCCC(NC)C1.Cl. The number of hydrogen-bond acceptors (Lipinski definition) is 3. The number of nitrogens with zero attached hydrogens (tertiary/aromatic N) is 1. The minimum atomic E-state index is -0.510. The average molecular weight is 402 g/mol. The highest BCUT2D eigenvalue weighted by atomic mass is 35.5. The van der Waals surface area contributed by atoms with E-state index in [0.29, 0.717) is 23.2 Å². The Morgan fingerprint density at radius 3 is 2.54 bits per heavy atom. The van der Waals surface area contributed by atoms with Crippen molar-refractivity contribution in [1.82, 2.24) is 15.5 Å². The zero-order chi connectivity index (χ0) is 18.4. The van der Waals surface area contributed by atoms with E-state index in [-0.39, 0.29) is 30.1 Å². The van der Waals surface area contributed by atoms with Crippen molar-refractivity contribution >= 4 is 35.8 Å². The first kappa shape index (κ1) is 22.7. The van der Waals surface area contributed by atoms with Gasteiger partial charge in [-0.25, -0.2) is 0 Å². The molecule has 0 saturated carbocycles.